The molecule has 0 aromatic heterocycles. The molecule has 2 N–H and O–H groups in total. The van der Waals surface area contributed by atoms with Crippen molar-refractivity contribution >= 4 is 23.4 Å². The van der Waals surface area contributed by atoms with Crippen molar-refractivity contribution in [2.75, 3.05) is 5.32 Å². The van der Waals surface area contributed by atoms with Gasteiger partial charge in [0.25, 0.3) is 0 Å². The summed E-state index contributed by atoms with van der Waals surface area (Å²) in [5, 5.41) is 12.6. The first-order valence-corrected chi connectivity index (χ1v) is 5.83. The van der Waals surface area contributed by atoms with E-state index in [0.29, 0.717) is 10.9 Å². The van der Waals surface area contributed by atoms with Gasteiger partial charge in [-0.05, 0) is 31.0 Å². The zero-order valence-corrected chi connectivity index (χ0v) is 9.52. The highest BCUT2D eigenvalue weighted by Crippen LogP contribution is 2.39. The van der Waals surface area contributed by atoms with E-state index >= 15 is 0 Å². The van der Waals surface area contributed by atoms with Crippen LogP contribution in [0.25, 0.3) is 0 Å². The van der Waals surface area contributed by atoms with E-state index in [2.05, 4.69) is 12.2 Å². The number of carboxylic acids is 1. The molecule has 1 unspecified atom stereocenters. The molecule has 0 amide bonds. The third-order valence-electron chi connectivity index (χ3n) is 2.48. The minimum absolute atomic E-state index is 0.328. The highest BCUT2D eigenvalue weighted by molar-refractivity contribution is 8.00. The summed E-state index contributed by atoms with van der Waals surface area (Å²) in [6.45, 7) is 4.04. The highest BCUT2D eigenvalue weighted by Gasteiger charge is 2.21. The second-order valence-corrected chi connectivity index (χ2v) is 4.95. The lowest BCUT2D eigenvalue weighted by Crippen LogP contribution is -2.05. The summed E-state index contributed by atoms with van der Waals surface area (Å²) in [4.78, 5) is 12.2. The van der Waals surface area contributed by atoms with Crippen LogP contribution in [0.15, 0.2) is 17.0 Å². The Kier molecular flexibility index (Phi) is 2.61. The second-order valence-electron chi connectivity index (χ2n) is 3.57. The summed E-state index contributed by atoms with van der Waals surface area (Å²) in [5.41, 5.74) is 2.27. The monoisotopic (exact) mass is 223 g/mol. The third-order valence-corrected chi connectivity index (χ3v) is 3.54. The SMILES string of the molecule is CCc1cc2c(cc1C(=O)O)NC(C)S2. The third kappa shape index (κ3) is 1.81. The average Bonchev–Trinajstić information content (AvgIpc) is 2.54. The molecule has 1 aliphatic heterocycles. The fourth-order valence-electron chi connectivity index (χ4n) is 1.76. The van der Waals surface area contributed by atoms with Gasteiger partial charge in [0.05, 0.1) is 10.9 Å². The number of aromatic carboxylic acids is 1. The van der Waals surface area contributed by atoms with E-state index < -0.39 is 5.97 Å². The van der Waals surface area contributed by atoms with Crippen LogP contribution in [0, 0.1) is 0 Å². The molecule has 0 fully saturated rings. The van der Waals surface area contributed by atoms with Gasteiger partial charge >= 0.3 is 5.97 Å². The summed E-state index contributed by atoms with van der Waals surface area (Å²) >= 11 is 1.74. The molecule has 15 heavy (non-hydrogen) atoms. The van der Waals surface area contributed by atoms with Gasteiger partial charge in [-0.1, -0.05) is 18.7 Å². The van der Waals surface area contributed by atoms with E-state index in [1.807, 2.05) is 13.0 Å². The molecule has 0 saturated carbocycles. The maximum absolute atomic E-state index is 11.0. The summed E-state index contributed by atoms with van der Waals surface area (Å²) in [6.07, 6.45) is 0.754. The molecule has 4 heteroatoms. The van der Waals surface area contributed by atoms with Gasteiger partial charge in [0.15, 0.2) is 0 Å². The Morgan fingerprint density at radius 1 is 1.60 bits per heavy atom. The van der Waals surface area contributed by atoms with Crippen molar-refractivity contribution in [2.45, 2.75) is 30.5 Å². The summed E-state index contributed by atoms with van der Waals surface area (Å²) < 4.78 is 0. The zero-order chi connectivity index (χ0) is 11.0. The Bertz CT molecular complexity index is 417. The van der Waals surface area contributed by atoms with Crippen LogP contribution in [0.3, 0.4) is 0 Å². The molecule has 0 aliphatic carbocycles. The number of carbonyl (C=O) groups is 1. The first kappa shape index (κ1) is 10.4. The zero-order valence-electron chi connectivity index (χ0n) is 8.70. The number of carboxylic acid groups (broad SMARTS) is 1. The number of hydrogen-bond acceptors (Lipinski definition) is 3. The highest BCUT2D eigenvalue weighted by atomic mass is 32.2. The van der Waals surface area contributed by atoms with Gasteiger partial charge in [0, 0.05) is 10.6 Å². The summed E-state index contributed by atoms with van der Waals surface area (Å²) in [7, 11) is 0. The number of hydrogen-bond donors (Lipinski definition) is 2. The minimum atomic E-state index is -0.846. The lowest BCUT2D eigenvalue weighted by atomic mass is 10.0. The van der Waals surface area contributed by atoms with Gasteiger partial charge in [-0.25, -0.2) is 4.79 Å². The quantitative estimate of drug-likeness (QED) is 0.809. The Morgan fingerprint density at radius 3 is 2.93 bits per heavy atom. The molecule has 0 bridgehead atoms. The molecule has 3 nitrogen and oxygen atoms in total. The fourth-order valence-corrected chi connectivity index (χ4v) is 2.78. The first-order valence-electron chi connectivity index (χ1n) is 4.95. The predicted octanol–water partition coefficient (Wildman–Crippen LogP) is 2.81. The number of benzene rings is 1. The molecule has 1 aromatic rings. The van der Waals surface area contributed by atoms with Gasteiger partial charge in [-0.3, -0.25) is 0 Å². The Morgan fingerprint density at radius 2 is 2.33 bits per heavy atom. The van der Waals surface area contributed by atoms with E-state index in [1.54, 1.807) is 17.8 Å². The number of anilines is 1. The van der Waals surface area contributed by atoms with Crippen LogP contribution in [0.1, 0.15) is 29.8 Å². The van der Waals surface area contributed by atoms with Crippen molar-refractivity contribution in [3.63, 3.8) is 0 Å². The largest absolute Gasteiger partial charge is 0.478 e. The molecule has 1 aliphatic rings. The Hall–Kier alpha value is -1.16. The average molecular weight is 223 g/mol. The predicted molar refractivity (Wildman–Crippen MR) is 61.7 cm³/mol. The Labute approximate surface area is 92.9 Å². The Balaban J connectivity index is 2.50. The normalized spacial score (nSPS) is 18.4. The number of fused-ring (bicyclic) bond motifs is 1. The van der Waals surface area contributed by atoms with Crippen LogP contribution >= 0.6 is 11.8 Å². The van der Waals surface area contributed by atoms with Gasteiger partial charge in [0.2, 0.25) is 0 Å². The second kappa shape index (κ2) is 3.77. The van der Waals surface area contributed by atoms with Crippen molar-refractivity contribution in [1.29, 1.82) is 0 Å². The van der Waals surface area contributed by atoms with E-state index in [0.717, 1.165) is 22.6 Å². The smallest absolute Gasteiger partial charge is 0.336 e. The fraction of sp³-hybridized carbons (Fsp3) is 0.364. The van der Waals surface area contributed by atoms with Crippen LogP contribution in [0.5, 0.6) is 0 Å². The molecule has 0 radical (unpaired) electrons. The number of rotatable bonds is 2. The maximum atomic E-state index is 11.0. The number of nitrogens with one attached hydrogen (secondary N) is 1. The summed E-state index contributed by atoms with van der Waals surface area (Å²) in [6, 6.07) is 3.73. The molecular weight excluding hydrogens is 210 g/mol. The van der Waals surface area contributed by atoms with Crippen molar-refractivity contribution in [2.24, 2.45) is 0 Å². The molecule has 1 aromatic carbocycles. The topological polar surface area (TPSA) is 49.3 Å². The van der Waals surface area contributed by atoms with Gasteiger partial charge < -0.3 is 10.4 Å². The van der Waals surface area contributed by atoms with Crippen LogP contribution in [-0.4, -0.2) is 16.4 Å². The lowest BCUT2D eigenvalue weighted by molar-refractivity contribution is 0.0695. The van der Waals surface area contributed by atoms with Crippen LogP contribution in [-0.2, 0) is 6.42 Å². The standard InChI is InChI=1S/C11H13NO2S/c1-3-7-4-10-9(12-6(2)15-10)5-8(7)11(13)14/h4-6,12H,3H2,1-2H3,(H,13,14). The summed E-state index contributed by atoms with van der Waals surface area (Å²) in [5.74, 6) is -0.846. The minimum Gasteiger partial charge on any atom is -0.478 e. The number of aryl methyl sites for hydroxylation is 1. The lowest BCUT2D eigenvalue weighted by Gasteiger charge is -2.06. The van der Waals surface area contributed by atoms with Crippen molar-refractivity contribution < 1.29 is 9.90 Å². The molecule has 80 valence electrons. The van der Waals surface area contributed by atoms with E-state index in [-0.39, 0.29) is 0 Å². The van der Waals surface area contributed by atoms with Crippen molar-refractivity contribution in [3.05, 3.63) is 23.3 Å². The van der Waals surface area contributed by atoms with Gasteiger partial charge in [-0.15, -0.1) is 0 Å². The van der Waals surface area contributed by atoms with E-state index in [4.69, 9.17) is 5.11 Å². The van der Waals surface area contributed by atoms with Crippen LogP contribution in [0.2, 0.25) is 0 Å². The van der Waals surface area contributed by atoms with Crippen LogP contribution < -0.4 is 5.32 Å². The number of thioether (sulfide) groups is 1. The van der Waals surface area contributed by atoms with Crippen LogP contribution in [0.4, 0.5) is 5.69 Å². The maximum Gasteiger partial charge on any atom is 0.336 e. The molecule has 2 rings (SSSR count). The van der Waals surface area contributed by atoms with Crippen molar-refractivity contribution in [1.82, 2.24) is 0 Å². The van der Waals surface area contributed by atoms with Gasteiger partial charge in [-0.2, -0.15) is 0 Å². The molecule has 1 atom stereocenters. The molecule has 0 saturated heterocycles. The van der Waals surface area contributed by atoms with E-state index in [9.17, 15) is 4.79 Å². The first-order chi connectivity index (χ1) is 7.11. The molecular formula is C11H13NO2S. The van der Waals surface area contributed by atoms with Gasteiger partial charge in [0.1, 0.15) is 0 Å². The molecule has 0 spiro atoms. The van der Waals surface area contributed by atoms with E-state index in [1.165, 1.54) is 0 Å². The molecule has 1 heterocycles. The van der Waals surface area contributed by atoms with Crippen molar-refractivity contribution in [3.8, 4) is 0 Å².